The van der Waals surface area contributed by atoms with Crippen LogP contribution in [0.15, 0.2) is 18.2 Å². The molecule has 0 saturated heterocycles. The highest BCUT2D eigenvalue weighted by Crippen LogP contribution is 2.50. The van der Waals surface area contributed by atoms with E-state index in [9.17, 15) is 66.3 Å². The summed E-state index contributed by atoms with van der Waals surface area (Å²) in [4.78, 5) is 11.7. The molecule has 0 aliphatic rings. The van der Waals surface area contributed by atoms with Crippen LogP contribution in [0.25, 0.3) is 0 Å². The van der Waals surface area contributed by atoms with E-state index in [0.29, 0.717) is 14.0 Å². The van der Waals surface area contributed by atoms with Crippen molar-refractivity contribution in [1.29, 1.82) is 0 Å². The Balaban J connectivity index is 2.92. The molecule has 0 amide bonds. The minimum atomic E-state index is -6.70. The summed E-state index contributed by atoms with van der Waals surface area (Å²) in [5.41, 5.74) is -0.316. The number of alkyl halides is 14. The number of halogens is 15. The van der Waals surface area contributed by atoms with Crippen LogP contribution in [0, 0.1) is 0 Å². The Morgan fingerprint density at radius 1 is 0.660 bits per heavy atom. The van der Waals surface area contributed by atoms with Crippen LogP contribution in [0.5, 0.6) is 11.5 Å². The molecule has 50 heavy (non-hydrogen) atoms. The first-order valence-electron chi connectivity index (χ1n) is 13.1. The van der Waals surface area contributed by atoms with Crippen LogP contribution in [0.3, 0.4) is 0 Å². The summed E-state index contributed by atoms with van der Waals surface area (Å²) >= 11 is 4.99. The fourth-order valence-corrected chi connectivity index (χ4v) is 3.22. The Morgan fingerprint density at radius 3 is 1.64 bits per heavy atom. The van der Waals surface area contributed by atoms with E-state index in [1.54, 1.807) is 0 Å². The smallest absolute Gasteiger partial charge is 0.457 e. The highest BCUT2D eigenvalue weighted by Gasteiger charge is 2.78. The number of methoxy groups -OCH3 is 2. The monoisotopic (exact) mass is 788 g/mol. The summed E-state index contributed by atoms with van der Waals surface area (Å²) in [6.07, 6.45) is -24.6. The van der Waals surface area contributed by atoms with Crippen LogP contribution in [0.4, 0.5) is 61.5 Å². The van der Waals surface area contributed by atoms with Gasteiger partial charge in [-0.25, -0.2) is 13.6 Å². The normalized spacial score (nSPS) is 18.0. The first-order chi connectivity index (χ1) is 22.6. The molecule has 0 aliphatic carbocycles. The van der Waals surface area contributed by atoms with E-state index in [1.165, 1.54) is 0 Å². The van der Waals surface area contributed by atoms with Crippen LogP contribution in [0.2, 0.25) is 0 Å². The molecular formula is C25H27ClF14O10. The third-order valence-corrected chi connectivity index (χ3v) is 5.99. The Labute approximate surface area is 277 Å². The van der Waals surface area contributed by atoms with Crippen molar-refractivity contribution < 1.29 is 108 Å². The first kappa shape index (κ1) is 45.4. The van der Waals surface area contributed by atoms with Gasteiger partial charge < -0.3 is 32.7 Å². The Hall–Kier alpha value is -2.64. The number of hydrogen-bond donors (Lipinski definition) is 0. The Morgan fingerprint density at radius 2 is 1.18 bits per heavy atom. The summed E-state index contributed by atoms with van der Waals surface area (Å²) < 4.78 is 227. The number of benzene rings is 1. The summed E-state index contributed by atoms with van der Waals surface area (Å²) in [5, 5.41) is 0. The van der Waals surface area contributed by atoms with Crippen molar-refractivity contribution in [3.05, 3.63) is 23.8 Å². The van der Waals surface area contributed by atoms with Gasteiger partial charge in [0.15, 0.2) is 11.5 Å². The maximum Gasteiger partial charge on any atom is 0.457 e. The molecule has 1 aromatic carbocycles. The predicted molar refractivity (Wildman–Crippen MR) is 135 cm³/mol. The quantitative estimate of drug-likeness (QED) is 0.0946. The van der Waals surface area contributed by atoms with E-state index < -0.39 is 105 Å². The van der Waals surface area contributed by atoms with Crippen molar-refractivity contribution in [1.82, 2.24) is 0 Å². The lowest BCUT2D eigenvalue weighted by Gasteiger charge is -2.37. The van der Waals surface area contributed by atoms with Crippen molar-refractivity contribution in [2.75, 3.05) is 53.9 Å². The van der Waals surface area contributed by atoms with Gasteiger partial charge >= 0.3 is 42.2 Å². The molecule has 0 aliphatic heterocycles. The zero-order valence-electron chi connectivity index (χ0n) is 25.7. The fraction of sp³-hybridized carbons (Fsp3) is 0.720. The zero-order valence-corrected chi connectivity index (χ0v) is 26.5. The number of ether oxygens (including phenoxy) is 8. The molecule has 0 aromatic heterocycles. The van der Waals surface area contributed by atoms with Gasteiger partial charge in [0.25, 0.3) is 5.85 Å². The lowest BCUT2D eigenvalue weighted by atomic mass is 10.2. The maximum atomic E-state index is 14.5. The molecule has 0 saturated carbocycles. The molecule has 0 spiro atoms. The van der Waals surface area contributed by atoms with Crippen LogP contribution in [-0.2, 0) is 32.7 Å². The minimum absolute atomic E-state index is 0.270. The summed E-state index contributed by atoms with van der Waals surface area (Å²) in [6, 6.07) is 2.84. The summed E-state index contributed by atoms with van der Waals surface area (Å²) in [7, 11) is 0.274. The van der Waals surface area contributed by atoms with E-state index in [2.05, 4.69) is 28.0 Å². The SMILES string of the molecule is COC(C)(F)C(F)(F)OC(C)(F)COCCOc1cc(C(=O)OCl)ccc1OCCOCC(F)(OC(F)(F)C(F)(OC)C(F)(F)F)C(F)(F)F. The molecule has 4 unspecified atom stereocenters. The van der Waals surface area contributed by atoms with Gasteiger partial charge in [-0.15, -0.1) is 0 Å². The second kappa shape index (κ2) is 16.8. The van der Waals surface area contributed by atoms with Gasteiger partial charge in [0.2, 0.25) is 5.85 Å². The van der Waals surface area contributed by atoms with Crippen LogP contribution >= 0.6 is 11.9 Å². The van der Waals surface area contributed by atoms with E-state index in [0.717, 1.165) is 18.2 Å². The second-order valence-electron chi connectivity index (χ2n) is 9.81. The lowest BCUT2D eigenvalue weighted by molar-refractivity contribution is -0.503. The first-order valence-corrected chi connectivity index (χ1v) is 13.4. The van der Waals surface area contributed by atoms with Gasteiger partial charge in [-0.3, -0.25) is 9.47 Å². The molecule has 25 heteroatoms. The molecule has 0 radical (unpaired) electrons. The van der Waals surface area contributed by atoms with E-state index >= 15 is 0 Å². The number of carbonyl (C=O) groups is 1. The third kappa shape index (κ3) is 11.4. The molecule has 1 aromatic rings. The van der Waals surface area contributed by atoms with Crippen molar-refractivity contribution in [2.24, 2.45) is 0 Å². The van der Waals surface area contributed by atoms with E-state index in [4.69, 9.17) is 26.1 Å². The summed E-state index contributed by atoms with van der Waals surface area (Å²) in [5.74, 6) is -20.9. The molecule has 0 bridgehead atoms. The van der Waals surface area contributed by atoms with Crippen LogP contribution in [-0.4, -0.2) is 108 Å². The van der Waals surface area contributed by atoms with E-state index in [1.807, 2.05) is 0 Å². The van der Waals surface area contributed by atoms with Crippen LogP contribution in [0.1, 0.15) is 24.2 Å². The van der Waals surface area contributed by atoms with Gasteiger partial charge in [0.05, 0.1) is 18.8 Å². The zero-order chi connectivity index (χ0) is 39.0. The summed E-state index contributed by atoms with van der Waals surface area (Å²) in [6.45, 7) is -6.30. The highest BCUT2D eigenvalue weighted by atomic mass is 35.5. The molecule has 292 valence electrons. The number of rotatable bonds is 21. The van der Waals surface area contributed by atoms with Gasteiger partial charge in [0, 0.05) is 21.1 Å². The highest BCUT2D eigenvalue weighted by molar-refractivity contribution is 6.15. The average molecular weight is 789 g/mol. The van der Waals surface area contributed by atoms with Crippen molar-refractivity contribution in [3.8, 4) is 11.5 Å². The topological polar surface area (TPSA) is 100 Å². The Kier molecular flexibility index (Phi) is 15.2. The van der Waals surface area contributed by atoms with Crippen LogP contribution < -0.4 is 9.47 Å². The van der Waals surface area contributed by atoms with Gasteiger partial charge in [-0.2, -0.15) is 52.7 Å². The van der Waals surface area contributed by atoms with Gasteiger partial charge in [-0.1, -0.05) is 0 Å². The average Bonchev–Trinajstić information content (AvgIpc) is 2.98. The molecule has 0 heterocycles. The largest absolute Gasteiger partial charge is 0.487 e. The van der Waals surface area contributed by atoms with Crippen molar-refractivity contribution >= 4 is 17.8 Å². The molecular weight excluding hydrogens is 762 g/mol. The van der Waals surface area contributed by atoms with E-state index in [-0.39, 0.29) is 19.6 Å². The lowest BCUT2D eigenvalue weighted by Crippen LogP contribution is -2.63. The van der Waals surface area contributed by atoms with Crippen molar-refractivity contribution in [3.63, 3.8) is 0 Å². The molecule has 0 N–H and O–H groups in total. The number of carbonyl (C=O) groups excluding carboxylic acids is 1. The predicted octanol–water partition coefficient (Wildman–Crippen LogP) is 7.13. The molecule has 4 atom stereocenters. The minimum Gasteiger partial charge on any atom is -0.487 e. The standard InChI is InChI=1S/C25H27ClF14O10/c1-18(27,49-24(37,38)19(2,28)42-3)12-44-7-10-47-16-11-14(17(41)48-26)5-6-15(16)46-9-8-45-13-20(29,22(31,32)33)50-25(39,40)21(30,43-4)23(34,35)36/h5-6,11H,7-10,12-13H2,1-4H3. The molecule has 1 rings (SSSR count). The van der Waals surface area contributed by atoms with Crippen molar-refractivity contribution in [2.45, 2.75) is 61.8 Å². The van der Waals surface area contributed by atoms with Gasteiger partial charge in [-0.05, 0) is 25.1 Å². The maximum absolute atomic E-state index is 14.5. The second-order valence-corrected chi connectivity index (χ2v) is 9.97. The fourth-order valence-electron chi connectivity index (χ4n) is 3.13. The Bertz CT molecular complexity index is 1250. The molecule has 10 nitrogen and oxygen atoms in total. The molecule has 0 fully saturated rings. The van der Waals surface area contributed by atoms with Gasteiger partial charge in [0.1, 0.15) is 38.3 Å². The number of hydrogen-bond acceptors (Lipinski definition) is 10. The third-order valence-electron chi connectivity index (χ3n) is 5.85.